The highest BCUT2D eigenvalue weighted by Gasteiger charge is 2.11. The number of carbonyl (C=O) groups excluding carboxylic acids is 1. The number of hydrogen-bond acceptors (Lipinski definition) is 4. The summed E-state index contributed by atoms with van der Waals surface area (Å²) in [4.78, 5) is 16.3. The molecule has 1 aromatic heterocycles. The topological polar surface area (TPSA) is 51.2 Å². The molecule has 4 nitrogen and oxygen atoms in total. The highest BCUT2D eigenvalue weighted by atomic mass is 32.1. The number of nitrogens with one attached hydrogen (secondary N) is 1. The van der Waals surface area contributed by atoms with Crippen molar-refractivity contribution in [3.05, 3.63) is 45.9 Å². The third-order valence-corrected chi connectivity index (χ3v) is 4.25. The van der Waals surface area contributed by atoms with E-state index in [1.54, 1.807) is 7.11 Å². The van der Waals surface area contributed by atoms with Crippen LogP contribution in [0.2, 0.25) is 0 Å². The van der Waals surface area contributed by atoms with E-state index in [2.05, 4.69) is 24.1 Å². The SMILES string of the molecule is COc1ccc(CCNC(=O)c2csc(C(C)C)n2)cc1. The second kappa shape index (κ2) is 7.22. The molecular weight excluding hydrogens is 284 g/mol. The van der Waals surface area contributed by atoms with Crippen molar-refractivity contribution >= 4 is 17.2 Å². The molecule has 0 saturated heterocycles. The van der Waals surface area contributed by atoms with Crippen molar-refractivity contribution in [2.45, 2.75) is 26.2 Å². The summed E-state index contributed by atoms with van der Waals surface area (Å²) in [5, 5.41) is 5.72. The van der Waals surface area contributed by atoms with E-state index in [-0.39, 0.29) is 5.91 Å². The first-order valence-electron chi connectivity index (χ1n) is 6.96. The molecule has 0 radical (unpaired) electrons. The Bertz CT molecular complexity index is 591. The molecule has 0 spiro atoms. The second-order valence-corrected chi connectivity index (χ2v) is 5.97. The Labute approximate surface area is 129 Å². The standard InChI is InChI=1S/C16H20N2O2S/c1-11(2)16-18-14(10-21-16)15(19)17-9-8-12-4-6-13(20-3)7-5-12/h4-7,10-11H,8-9H2,1-3H3,(H,17,19). The summed E-state index contributed by atoms with van der Waals surface area (Å²) in [5.41, 5.74) is 1.68. The van der Waals surface area contributed by atoms with Crippen LogP contribution in [0.3, 0.4) is 0 Å². The van der Waals surface area contributed by atoms with E-state index in [1.165, 1.54) is 11.3 Å². The molecule has 0 atom stereocenters. The lowest BCUT2D eigenvalue weighted by molar-refractivity contribution is 0.0949. The highest BCUT2D eigenvalue weighted by Crippen LogP contribution is 2.19. The first kappa shape index (κ1) is 15.5. The van der Waals surface area contributed by atoms with Gasteiger partial charge in [0.2, 0.25) is 0 Å². The number of ether oxygens (including phenoxy) is 1. The molecule has 0 aliphatic heterocycles. The summed E-state index contributed by atoms with van der Waals surface area (Å²) in [6.45, 7) is 4.74. The third-order valence-electron chi connectivity index (χ3n) is 3.11. The summed E-state index contributed by atoms with van der Waals surface area (Å²) in [6.07, 6.45) is 0.789. The lowest BCUT2D eigenvalue weighted by Gasteiger charge is -2.05. The van der Waals surface area contributed by atoms with Crippen LogP contribution in [0.5, 0.6) is 5.75 Å². The molecule has 2 aromatic rings. The first-order chi connectivity index (χ1) is 10.1. The van der Waals surface area contributed by atoms with Gasteiger partial charge in [-0.1, -0.05) is 26.0 Å². The number of thiazole rings is 1. The fourth-order valence-corrected chi connectivity index (χ4v) is 2.68. The number of amides is 1. The lowest BCUT2D eigenvalue weighted by atomic mass is 10.1. The van der Waals surface area contributed by atoms with Crippen LogP contribution < -0.4 is 10.1 Å². The number of carbonyl (C=O) groups is 1. The van der Waals surface area contributed by atoms with E-state index in [0.29, 0.717) is 18.2 Å². The van der Waals surface area contributed by atoms with Crippen LogP contribution in [-0.2, 0) is 6.42 Å². The summed E-state index contributed by atoms with van der Waals surface area (Å²) in [7, 11) is 1.65. The summed E-state index contributed by atoms with van der Waals surface area (Å²) >= 11 is 1.53. The van der Waals surface area contributed by atoms with Gasteiger partial charge in [0.15, 0.2) is 0 Å². The van der Waals surface area contributed by atoms with Crippen molar-refractivity contribution in [3.63, 3.8) is 0 Å². The minimum atomic E-state index is -0.105. The molecule has 21 heavy (non-hydrogen) atoms. The number of hydrogen-bond donors (Lipinski definition) is 1. The Balaban J connectivity index is 1.83. The molecule has 1 amide bonds. The van der Waals surface area contributed by atoms with Crippen LogP contribution in [0.4, 0.5) is 0 Å². The van der Waals surface area contributed by atoms with Gasteiger partial charge in [-0.15, -0.1) is 11.3 Å². The average molecular weight is 304 g/mol. The zero-order valence-electron chi connectivity index (χ0n) is 12.6. The molecule has 0 fully saturated rings. The number of nitrogens with zero attached hydrogens (tertiary/aromatic N) is 1. The monoisotopic (exact) mass is 304 g/mol. The molecule has 0 saturated carbocycles. The predicted molar refractivity (Wildman–Crippen MR) is 85.2 cm³/mol. The Morgan fingerprint density at radius 1 is 1.33 bits per heavy atom. The molecule has 0 aliphatic carbocycles. The minimum Gasteiger partial charge on any atom is -0.497 e. The third kappa shape index (κ3) is 4.29. The van der Waals surface area contributed by atoms with E-state index in [4.69, 9.17) is 4.74 Å². The summed E-state index contributed by atoms with van der Waals surface area (Å²) in [5.74, 6) is 1.09. The smallest absolute Gasteiger partial charge is 0.270 e. The molecule has 1 N–H and O–H groups in total. The molecule has 1 heterocycles. The second-order valence-electron chi connectivity index (χ2n) is 5.08. The predicted octanol–water partition coefficient (Wildman–Crippen LogP) is 3.25. The molecular formula is C16H20N2O2S. The van der Waals surface area contributed by atoms with Crippen LogP contribution in [0.1, 0.15) is 40.8 Å². The highest BCUT2D eigenvalue weighted by molar-refractivity contribution is 7.09. The van der Waals surface area contributed by atoms with Gasteiger partial charge in [-0.25, -0.2) is 4.98 Å². The first-order valence-corrected chi connectivity index (χ1v) is 7.84. The molecule has 112 valence electrons. The van der Waals surface area contributed by atoms with Crippen molar-refractivity contribution in [3.8, 4) is 5.75 Å². The number of benzene rings is 1. The van der Waals surface area contributed by atoms with Crippen LogP contribution in [-0.4, -0.2) is 24.5 Å². The van der Waals surface area contributed by atoms with Gasteiger partial charge in [-0.3, -0.25) is 4.79 Å². The minimum absolute atomic E-state index is 0.105. The van der Waals surface area contributed by atoms with Gasteiger partial charge >= 0.3 is 0 Å². The van der Waals surface area contributed by atoms with Gasteiger partial charge < -0.3 is 10.1 Å². The van der Waals surface area contributed by atoms with Crippen LogP contribution in [0, 0.1) is 0 Å². The van der Waals surface area contributed by atoms with Gasteiger partial charge in [0.1, 0.15) is 11.4 Å². The molecule has 0 aliphatic rings. The fraction of sp³-hybridized carbons (Fsp3) is 0.375. The van der Waals surface area contributed by atoms with E-state index < -0.39 is 0 Å². The zero-order chi connectivity index (χ0) is 15.2. The van der Waals surface area contributed by atoms with Crippen LogP contribution in [0.15, 0.2) is 29.6 Å². The van der Waals surface area contributed by atoms with E-state index in [9.17, 15) is 4.79 Å². The van der Waals surface area contributed by atoms with Gasteiger partial charge in [0, 0.05) is 17.8 Å². The Hall–Kier alpha value is -1.88. The van der Waals surface area contributed by atoms with Gasteiger partial charge in [0.05, 0.1) is 12.1 Å². The Morgan fingerprint density at radius 3 is 2.62 bits per heavy atom. The van der Waals surface area contributed by atoms with Gasteiger partial charge in [0.25, 0.3) is 5.91 Å². The van der Waals surface area contributed by atoms with Gasteiger partial charge in [-0.2, -0.15) is 0 Å². The average Bonchev–Trinajstić information content (AvgIpc) is 2.98. The zero-order valence-corrected chi connectivity index (χ0v) is 13.4. The maximum Gasteiger partial charge on any atom is 0.270 e. The number of rotatable bonds is 6. The molecule has 0 unspecified atom stereocenters. The van der Waals surface area contributed by atoms with Crippen LogP contribution in [0.25, 0.3) is 0 Å². The Kier molecular flexibility index (Phi) is 5.33. The van der Waals surface area contributed by atoms with Crippen LogP contribution >= 0.6 is 11.3 Å². The van der Waals surface area contributed by atoms with Crippen molar-refractivity contribution in [2.75, 3.05) is 13.7 Å². The molecule has 2 rings (SSSR count). The summed E-state index contributed by atoms with van der Waals surface area (Å²) in [6, 6.07) is 7.86. The van der Waals surface area contributed by atoms with E-state index in [1.807, 2.05) is 29.6 Å². The van der Waals surface area contributed by atoms with Crippen molar-refractivity contribution in [1.29, 1.82) is 0 Å². The van der Waals surface area contributed by atoms with E-state index in [0.717, 1.165) is 22.7 Å². The van der Waals surface area contributed by atoms with E-state index >= 15 is 0 Å². The number of aromatic nitrogens is 1. The maximum atomic E-state index is 12.0. The fourth-order valence-electron chi connectivity index (χ4n) is 1.86. The number of methoxy groups -OCH3 is 1. The van der Waals surface area contributed by atoms with Crippen molar-refractivity contribution < 1.29 is 9.53 Å². The van der Waals surface area contributed by atoms with Crippen molar-refractivity contribution in [2.24, 2.45) is 0 Å². The maximum absolute atomic E-state index is 12.0. The largest absolute Gasteiger partial charge is 0.497 e. The molecule has 5 heteroatoms. The van der Waals surface area contributed by atoms with Gasteiger partial charge in [-0.05, 0) is 24.1 Å². The quantitative estimate of drug-likeness (QED) is 0.891. The Morgan fingerprint density at radius 2 is 2.05 bits per heavy atom. The lowest BCUT2D eigenvalue weighted by Crippen LogP contribution is -2.26. The normalized spacial score (nSPS) is 10.7. The summed E-state index contributed by atoms with van der Waals surface area (Å²) < 4.78 is 5.11. The van der Waals surface area contributed by atoms with Crippen molar-refractivity contribution in [1.82, 2.24) is 10.3 Å². The molecule has 0 bridgehead atoms. The molecule has 1 aromatic carbocycles.